The van der Waals surface area contributed by atoms with E-state index in [2.05, 4.69) is 45.9 Å². The van der Waals surface area contributed by atoms with Gasteiger partial charge in [0.25, 0.3) is 0 Å². The normalized spacial score (nSPS) is 28.6. The molecule has 0 aliphatic heterocycles. The third kappa shape index (κ3) is 1.55. The van der Waals surface area contributed by atoms with Crippen LogP contribution in [-0.4, -0.2) is 0 Å². The van der Waals surface area contributed by atoms with Gasteiger partial charge in [-0.2, -0.15) is 5.26 Å². The van der Waals surface area contributed by atoms with E-state index in [9.17, 15) is 0 Å². The molecule has 2 atom stereocenters. The fourth-order valence-corrected chi connectivity index (χ4v) is 2.65. The summed E-state index contributed by atoms with van der Waals surface area (Å²) >= 11 is 0. The van der Waals surface area contributed by atoms with Gasteiger partial charge in [-0.25, -0.2) is 0 Å². The van der Waals surface area contributed by atoms with Gasteiger partial charge in [0.15, 0.2) is 0 Å². The zero-order valence-corrected chi connectivity index (χ0v) is 9.89. The molecule has 0 saturated heterocycles. The molecule has 1 nitrogen and oxygen atoms in total. The molecule has 0 radical (unpaired) electrons. The van der Waals surface area contributed by atoms with Gasteiger partial charge >= 0.3 is 0 Å². The second kappa shape index (κ2) is 3.10. The van der Waals surface area contributed by atoms with Gasteiger partial charge in [-0.3, -0.25) is 0 Å². The quantitative estimate of drug-likeness (QED) is 0.677. The van der Waals surface area contributed by atoms with E-state index in [4.69, 9.17) is 5.26 Å². The monoisotopic (exact) mass is 199 g/mol. The number of aryl methyl sites for hydroxylation is 3. The number of rotatable bonds is 1. The molecule has 1 aliphatic rings. The Bertz CT molecular complexity index is 430. The minimum Gasteiger partial charge on any atom is -0.198 e. The van der Waals surface area contributed by atoms with Crippen LogP contribution in [0.3, 0.4) is 0 Å². The molecule has 0 bridgehead atoms. The van der Waals surface area contributed by atoms with Gasteiger partial charge in [0.1, 0.15) is 0 Å². The lowest BCUT2D eigenvalue weighted by Crippen LogP contribution is -1.98. The van der Waals surface area contributed by atoms with Crippen molar-refractivity contribution >= 4 is 0 Å². The Balaban J connectivity index is 2.44. The zero-order chi connectivity index (χ0) is 11.2. The van der Waals surface area contributed by atoms with Crippen molar-refractivity contribution in [2.45, 2.75) is 40.0 Å². The van der Waals surface area contributed by atoms with Gasteiger partial charge in [0.2, 0.25) is 0 Å². The highest BCUT2D eigenvalue weighted by Crippen LogP contribution is 2.59. The summed E-state index contributed by atoms with van der Waals surface area (Å²) < 4.78 is 0. The third-order valence-electron chi connectivity index (χ3n) is 3.58. The average molecular weight is 199 g/mol. The molecule has 0 amide bonds. The molecule has 0 N–H and O–H groups in total. The molecule has 2 rings (SSSR count). The van der Waals surface area contributed by atoms with Crippen LogP contribution in [0.1, 0.15) is 41.5 Å². The van der Waals surface area contributed by atoms with Crippen molar-refractivity contribution in [3.63, 3.8) is 0 Å². The largest absolute Gasteiger partial charge is 0.198 e. The summed E-state index contributed by atoms with van der Waals surface area (Å²) in [7, 11) is 0. The Morgan fingerprint density at radius 1 is 1.27 bits per heavy atom. The number of nitriles is 1. The van der Waals surface area contributed by atoms with Crippen LogP contribution in [0.4, 0.5) is 0 Å². The highest BCUT2D eigenvalue weighted by Gasteiger charge is 2.52. The Morgan fingerprint density at radius 2 is 1.80 bits per heavy atom. The van der Waals surface area contributed by atoms with E-state index in [-0.39, 0.29) is 5.41 Å². The first kappa shape index (κ1) is 10.2. The highest BCUT2D eigenvalue weighted by atomic mass is 14.6. The van der Waals surface area contributed by atoms with Crippen LogP contribution in [0.2, 0.25) is 0 Å². The van der Waals surface area contributed by atoms with E-state index in [1.165, 1.54) is 22.3 Å². The van der Waals surface area contributed by atoms with E-state index in [1.807, 2.05) is 0 Å². The molecule has 0 spiro atoms. The standard InChI is InChI=1S/C14H17N/c1-9-5-10(2)13(11(3)6-9)12-7-14(12,4)8-15/h5-6,12H,7H2,1-4H3. The predicted octanol–water partition coefficient (Wildman–Crippen LogP) is 3.63. The van der Waals surface area contributed by atoms with Gasteiger partial charge in [-0.05, 0) is 50.8 Å². The van der Waals surface area contributed by atoms with Gasteiger partial charge < -0.3 is 0 Å². The molecule has 78 valence electrons. The molecular weight excluding hydrogens is 182 g/mol. The maximum Gasteiger partial charge on any atom is 0.0693 e. The Morgan fingerprint density at radius 3 is 2.20 bits per heavy atom. The second-order valence-electron chi connectivity index (χ2n) is 5.10. The summed E-state index contributed by atoms with van der Waals surface area (Å²) in [6, 6.07) is 6.87. The van der Waals surface area contributed by atoms with Crippen LogP contribution >= 0.6 is 0 Å². The number of nitrogens with zero attached hydrogens (tertiary/aromatic N) is 1. The van der Waals surface area contributed by atoms with Gasteiger partial charge in [-0.15, -0.1) is 0 Å². The average Bonchev–Trinajstić information content (AvgIpc) is 2.77. The van der Waals surface area contributed by atoms with E-state index >= 15 is 0 Å². The van der Waals surface area contributed by atoms with Crippen molar-refractivity contribution in [3.8, 4) is 6.07 Å². The van der Waals surface area contributed by atoms with Crippen LogP contribution in [0.5, 0.6) is 0 Å². The summed E-state index contributed by atoms with van der Waals surface area (Å²) in [6.07, 6.45) is 1.02. The second-order valence-corrected chi connectivity index (χ2v) is 5.10. The Hall–Kier alpha value is -1.29. The molecule has 0 aromatic heterocycles. The maximum atomic E-state index is 9.08. The zero-order valence-electron chi connectivity index (χ0n) is 9.89. The van der Waals surface area contributed by atoms with Crippen molar-refractivity contribution in [1.82, 2.24) is 0 Å². The van der Waals surface area contributed by atoms with Gasteiger partial charge in [0, 0.05) is 5.92 Å². The lowest BCUT2D eigenvalue weighted by molar-refractivity contribution is 0.723. The summed E-state index contributed by atoms with van der Waals surface area (Å²) in [4.78, 5) is 0. The number of benzene rings is 1. The molecule has 1 aliphatic carbocycles. The van der Waals surface area contributed by atoms with Crippen LogP contribution in [-0.2, 0) is 0 Å². The first-order chi connectivity index (χ1) is 6.98. The van der Waals surface area contributed by atoms with E-state index in [0.29, 0.717) is 5.92 Å². The lowest BCUT2D eigenvalue weighted by Gasteiger charge is -2.11. The summed E-state index contributed by atoms with van der Waals surface area (Å²) in [5, 5.41) is 9.08. The van der Waals surface area contributed by atoms with Crippen molar-refractivity contribution in [2.24, 2.45) is 5.41 Å². The van der Waals surface area contributed by atoms with E-state index < -0.39 is 0 Å². The molecule has 2 unspecified atom stereocenters. The molecule has 0 heterocycles. The molecule has 1 aromatic rings. The van der Waals surface area contributed by atoms with Gasteiger partial charge in [0.05, 0.1) is 11.5 Å². The smallest absolute Gasteiger partial charge is 0.0693 e. The molecule has 1 heteroatoms. The highest BCUT2D eigenvalue weighted by molar-refractivity contribution is 5.45. The van der Waals surface area contributed by atoms with Crippen molar-refractivity contribution in [2.75, 3.05) is 0 Å². The topological polar surface area (TPSA) is 23.8 Å². The third-order valence-corrected chi connectivity index (χ3v) is 3.58. The first-order valence-corrected chi connectivity index (χ1v) is 5.47. The first-order valence-electron chi connectivity index (χ1n) is 5.47. The Kier molecular flexibility index (Phi) is 2.12. The Labute approximate surface area is 91.7 Å². The summed E-state index contributed by atoms with van der Waals surface area (Å²) in [6.45, 7) is 8.51. The van der Waals surface area contributed by atoms with E-state index in [1.54, 1.807) is 0 Å². The van der Waals surface area contributed by atoms with Crippen LogP contribution in [0.15, 0.2) is 12.1 Å². The van der Waals surface area contributed by atoms with E-state index in [0.717, 1.165) is 6.42 Å². The summed E-state index contributed by atoms with van der Waals surface area (Å²) in [5.41, 5.74) is 5.30. The number of hydrogen-bond acceptors (Lipinski definition) is 1. The fraction of sp³-hybridized carbons (Fsp3) is 0.500. The minimum absolute atomic E-state index is 0.106. The maximum absolute atomic E-state index is 9.08. The van der Waals surface area contributed by atoms with Crippen LogP contribution < -0.4 is 0 Å². The molecule has 1 saturated carbocycles. The fourth-order valence-electron chi connectivity index (χ4n) is 2.65. The molecule has 15 heavy (non-hydrogen) atoms. The molecular formula is C14H17N. The summed E-state index contributed by atoms with van der Waals surface area (Å²) in [5.74, 6) is 0.461. The van der Waals surface area contributed by atoms with Crippen LogP contribution in [0.25, 0.3) is 0 Å². The molecule has 1 fully saturated rings. The molecule has 1 aromatic carbocycles. The van der Waals surface area contributed by atoms with Crippen molar-refractivity contribution in [1.29, 1.82) is 5.26 Å². The number of hydrogen-bond donors (Lipinski definition) is 0. The van der Waals surface area contributed by atoms with Crippen molar-refractivity contribution in [3.05, 3.63) is 34.4 Å². The van der Waals surface area contributed by atoms with Crippen molar-refractivity contribution < 1.29 is 0 Å². The SMILES string of the molecule is Cc1cc(C)c(C2CC2(C)C#N)c(C)c1. The van der Waals surface area contributed by atoms with Crippen LogP contribution in [0, 0.1) is 37.5 Å². The lowest BCUT2D eigenvalue weighted by atomic mass is 9.93. The minimum atomic E-state index is -0.106. The predicted molar refractivity (Wildman–Crippen MR) is 61.7 cm³/mol. The van der Waals surface area contributed by atoms with Gasteiger partial charge in [-0.1, -0.05) is 17.7 Å².